The minimum atomic E-state index is 0.0363. The predicted molar refractivity (Wildman–Crippen MR) is 111 cm³/mol. The summed E-state index contributed by atoms with van der Waals surface area (Å²) in [5.41, 5.74) is 1.78. The molecule has 4 heterocycles. The molecule has 4 atom stereocenters. The molecule has 0 unspecified atom stereocenters. The van der Waals surface area contributed by atoms with E-state index in [2.05, 4.69) is 27.2 Å². The third-order valence-electron chi connectivity index (χ3n) is 7.11. The first-order chi connectivity index (χ1) is 14.6. The number of fused-ring (bicyclic) bond motifs is 4. The fourth-order valence-corrected chi connectivity index (χ4v) is 5.79. The number of piperidine rings is 3. The van der Waals surface area contributed by atoms with E-state index in [9.17, 15) is 9.59 Å². The normalized spacial score (nSPS) is 28.2. The Labute approximate surface area is 176 Å². The fourth-order valence-electron chi connectivity index (χ4n) is 5.79. The van der Waals surface area contributed by atoms with E-state index in [0.29, 0.717) is 24.4 Å². The molecule has 158 valence electrons. The monoisotopic (exact) mass is 408 g/mol. The number of carbonyl (C=O) groups excluding carboxylic acids is 2. The van der Waals surface area contributed by atoms with E-state index < -0.39 is 0 Å². The predicted octanol–water partition coefficient (Wildman–Crippen LogP) is 2.50. The standard InChI is InChI=1S/C23H28N4O3/c1-30-19-5-2-4-15(8-19)9-21-17-10-16(20-6-3-7-22(28)27(20)21)13-26(14-17)23(29)18-11-24-25-12-18/h2,4-5,8,11-12,16-17,20-21H,3,6-7,9-10,13-14H2,1H3,(H,24,25)/t16-,17+,20+,21+/m1/s1. The number of ether oxygens (including phenoxy) is 1. The number of nitrogens with one attached hydrogen (secondary N) is 1. The average Bonchev–Trinajstić information content (AvgIpc) is 3.31. The van der Waals surface area contributed by atoms with Gasteiger partial charge in [-0.15, -0.1) is 0 Å². The summed E-state index contributed by atoms with van der Waals surface area (Å²) in [4.78, 5) is 30.2. The van der Waals surface area contributed by atoms with Gasteiger partial charge in [-0.05, 0) is 55.2 Å². The zero-order chi connectivity index (χ0) is 20.7. The summed E-state index contributed by atoms with van der Waals surface area (Å²) >= 11 is 0. The molecule has 2 bridgehead atoms. The van der Waals surface area contributed by atoms with E-state index in [4.69, 9.17) is 4.74 Å². The van der Waals surface area contributed by atoms with Gasteiger partial charge in [-0.2, -0.15) is 5.10 Å². The summed E-state index contributed by atoms with van der Waals surface area (Å²) in [7, 11) is 1.68. The quantitative estimate of drug-likeness (QED) is 0.843. The van der Waals surface area contributed by atoms with Crippen LogP contribution in [0, 0.1) is 11.8 Å². The van der Waals surface area contributed by atoms with Crippen LogP contribution in [0.2, 0.25) is 0 Å². The number of H-pyrrole nitrogens is 1. The van der Waals surface area contributed by atoms with Crippen LogP contribution in [0.3, 0.4) is 0 Å². The number of aromatic amines is 1. The third-order valence-corrected chi connectivity index (χ3v) is 7.11. The molecule has 2 aromatic rings. The maximum Gasteiger partial charge on any atom is 0.257 e. The summed E-state index contributed by atoms with van der Waals surface area (Å²) < 4.78 is 5.40. The molecule has 5 rings (SSSR count). The molecule has 7 heteroatoms. The Morgan fingerprint density at radius 2 is 2.17 bits per heavy atom. The lowest BCUT2D eigenvalue weighted by molar-refractivity contribution is -0.151. The van der Waals surface area contributed by atoms with Gasteiger partial charge in [-0.1, -0.05) is 12.1 Å². The smallest absolute Gasteiger partial charge is 0.257 e. The Bertz CT molecular complexity index is 928. The molecule has 3 aliphatic heterocycles. The minimum absolute atomic E-state index is 0.0363. The molecular formula is C23H28N4O3. The molecule has 3 fully saturated rings. The summed E-state index contributed by atoms with van der Waals surface area (Å²) in [6.45, 7) is 1.41. The van der Waals surface area contributed by atoms with Gasteiger partial charge in [0.05, 0.1) is 18.9 Å². The zero-order valence-electron chi connectivity index (χ0n) is 17.3. The molecule has 2 amide bonds. The SMILES string of the molecule is COc1cccc(C[C@H]2[C@H]3C[C@H](CN(C(=O)c4cn[nH]c4)C3)[C@@H]3CCCC(=O)N32)c1. The van der Waals surface area contributed by atoms with Crippen LogP contribution < -0.4 is 4.74 Å². The number of hydrogen-bond acceptors (Lipinski definition) is 4. The molecule has 30 heavy (non-hydrogen) atoms. The second kappa shape index (κ2) is 7.78. The summed E-state index contributed by atoms with van der Waals surface area (Å²) in [6, 6.07) is 8.47. The molecule has 0 saturated carbocycles. The van der Waals surface area contributed by atoms with Gasteiger partial charge in [-0.25, -0.2) is 0 Å². The van der Waals surface area contributed by atoms with E-state index in [1.807, 2.05) is 17.0 Å². The number of likely N-dealkylation sites (tertiary alicyclic amines) is 1. The highest BCUT2D eigenvalue weighted by molar-refractivity contribution is 5.93. The van der Waals surface area contributed by atoms with Crippen molar-refractivity contribution in [3.63, 3.8) is 0 Å². The van der Waals surface area contributed by atoms with Crippen molar-refractivity contribution < 1.29 is 14.3 Å². The van der Waals surface area contributed by atoms with Crippen LogP contribution in [-0.4, -0.2) is 64.1 Å². The molecule has 1 aromatic carbocycles. The molecule has 1 N–H and O–H groups in total. The van der Waals surface area contributed by atoms with Crippen LogP contribution in [0.1, 0.15) is 41.6 Å². The summed E-state index contributed by atoms with van der Waals surface area (Å²) in [5.74, 6) is 1.79. The van der Waals surface area contributed by atoms with Crippen molar-refractivity contribution in [1.82, 2.24) is 20.0 Å². The van der Waals surface area contributed by atoms with Gasteiger partial charge in [0.15, 0.2) is 0 Å². The largest absolute Gasteiger partial charge is 0.497 e. The minimum Gasteiger partial charge on any atom is -0.497 e. The highest BCUT2D eigenvalue weighted by Crippen LogP contribution is 2.43. The summed E-state index contributed by atoms with van der Waals surface area (Å²) in [5, 5.41) is 6.68. The van der Waals surface area contributed by atoms with Gasteiger partial charge in [0, 0.05) is 37.8 Å². The highest BCUT2D eigenvalue weighted by atomic mass is 16.5. The van der Waals surface area contributed by atoms with Crippen LogP contribution in [0.4, 0.5) is 0 Å². The molecule has 3 saturated heterocycles. The maximum atomic E-state index is 13.0. The number of nitrogens with zero attached hydrogens (tertiary/aromatic N) is 3. The van der Waals surface area contributed by atoms with E-state index >= 15 is 0 Å². The molecular weight excluding hydrogens is 380 g/mol. The van der Waals surface area contributed by atoms with Crippen LogP contribution in [-0.2, 0) is 11.2 Å². The highest BCUT2D eigenvalue weighted by Gasteiger charge is 2.50. The van der Waals surface area contributed by atoms with Crippen molar-refractivity contribution in [3.05, 3.63) is 47.8 Å². The number of methoxy groups -OCH3 is 1. The van der Waals surface area contributed by atoms with Crippen molar-refractivity contribution in [1.29, 1.82) is 0 Å². The van der Waals surface area contributed by atoms with Gasteiger partial charge in [-0.3, -0.25) is 14.7 Å². The third kappa shape index (κ3) is 3.36. The van der Waals surface area contributed by atoms with E-state index in [1.54, 1.807) is 19.5 Å². The number of aromatic nitrogens is 2. The van der Waals surface area contributed by atoms with Crippen molar-refractivity contribution in [2.24, 2.45) is 11.8 Å². The van der Waals surface area contributed by atoms with Crippen molar-refractivity contribution >= 4 is 11.8 Å². The lowest BCUT2D eigenvalue weighted by atomic mass is 9.70. The molecule has 0 aliphatic carbocycles. The van der Waals surface area contributed by atoms with Crippen molar-refractivity contribution in [3.8, 4) is 5.75 Å². The molecule has 0 spiro atoms. The second-order valence-electron chi connectivity index (χ2n) is 8.84. The van der Waals surface area contributed by atoms with Gasteiger partial charge in [0.2, 0.25) is 5.91 Å². The topological polar surface area (TPSA) is 78.5 Å². The molecule has 7 nitrogen and oxygen atoms in total. The Hall–Kier alpha value is -2.83. The van der Waals surface area contributed by atoms with E-state index in [0.717, 1.165) is 38.0 Å². The number of amides is 2. The van der Waals surface area contributed by atoms with E-state index in [1.165, 1.54) is 5.56 Å². The van der Waals surface area contributed by atoms with Crippen LogP contribution in [0.5, 0.6) is 5.75 Å². The van der Waals surface area contributed by atoms with Gasteiger partial charge >= 0.3 is 0 Å². The Balaban J connectivity index is 1.44. The molecule has 1 aromatic heterocycles. The Morgan fingerprint density at radius 1 is 1.30 bits per heavy atom. The number of carbonyl (C=O) groups is 2. The van der Waals surface area contributed by atoms with Crippen molar-refractivity contribution in [2.75, 3.05) is 20.2 Å². The van der Waals surface area contributed by atoms with Gasteiger partial charge in [0.1, 0.15) is 5.75 Å². The van der Waals surface area contributed by atoms with Crippen LogP contribution in [0.15, 0.2) is 36.7 Å². The maximum absolute atomic E-state index is 13.0. The molecule has 0 radical (unpaired) electrons. The fraction of sp³-hybridized carbons (Fsp3) is 0.522. The summed E-state index contributed by atoms with van der Waals surface area (Å²) in [6.07, 6.45) is 7.76. The number of benzene rings is 1. The number of rotatable bonds is 4. The van der Waals surface area contributed by atoms with Crippen molar-refractivity contribution in [2.45, 2.75) is 44.2 Å². The Morgan fingerprint density at radius 3 is 2.97 bits per heavy atom. The molecule has 3 aliphatic rings. The zero-order valence-corrected chi connectivity index (χ0v) is 17.3. The Kier molecular flexibility index (Phi) is 4.97. The second-order valence-corrected chi connectivity index (χ2v) is 8.84. The number of hydrogen-bond donors (Lipinski definition) is 1. The lowest BCUT2D eigenvalue weighted by Gasteiger charge is -2.56. The first kappa shape index (κ1) is 19.2. The van der Waals surface area contributed by atoms with Crippen LogP contribution in [0.25, 0.3) is 0 Å². The van der Waals surface area contributed by atoms with E-state index in [-0.39, 0.29) is 29.8 Å². The first-order valence-electron chi connectivity index (χ1n) is 10.9. The lowest BCUT2D eigenvalue weighted by Crippen LogP contribution is -2.66. The van der Waals surface area contributed by atoms with Gasteiger partial charge < -0.3 is 14.5 Å². The first-order valence-corrected chi connectivity index (χ1v) is 10.9. The average molecular weight is 409 g/mol. The van der Waals surface area contributed by atoms with Gasteiger partial charge in [0.25, 0.3) is 5.91 Å². The van der Waals surface area contributed by atoms with Crippen LogP contribution >= 0.6 is 0 Å².